The average molecular weight is 417 g/mol. The van der Waals surface area contributed by atoms with Gasteiger partial charge < -0.3 is 16.4 Å². The first-order valence-electron chi connectivity index (χ1n) is 9.82. The first-order chi connectivity index (χ1) is 14.7. The molecule has 0 spiro atoms. The minimum absolute atomic E-state index is 0.464. The molecule has 0 aliphatic carbocycles. The molecule has 3 heterocycles. The van der Waals surface area contributed by atoms with Crippen molar-refractivity contribution in [3.8, 4) is 11.5 Å². The van der Waals surface area contributed by atoms with Crippen LogP contribution in [0.3, 0.4) is 0 Å². The van der Waals surface area contributed by atoms with Crippen molar-refractivity contribution in [1.29, 1.82) is 0 Å². The van der Waals surface area contributed by atoms with Crippen LogP contribution in [0.2, 0.25) is 0 Å². The highest BCUT2D eigenvalue weighted by atomic mass is 32.1. The summed E-state index contributed by atoms with van der Waals surface area (Å²) in [5.74, 6) is 1.73. The van der Waals surface area contributed by atoms with Gasteiger partial charge in [0.25, 0.3) is 0 Å². The lowest BCUT2D eigenvalue weighted by Gasteiger charge is -2.21. The fourth-order valence-corrected chi connectivity index (χ4v) is 4.58. The van der Waals surface area contributed by atoms with Crippen molar-refractivity contribution in [3.63, 3.8) is 0 Å². The molecule has 30 heavy (non-hydrogen) atoms. The van der Waals surface area contributed by atoms with E-state index in [9.17, 15) is 4.79 Å². The van der Waals surface area contributed by atoms with Crippen LogP contribution < -0.4 is 16.4 Å². The number of hydrogen-bond donors (Lipinski definition) is 3. The SMILES string of the molecule is NC(=O)c1cccc2c(-c3nc4c(c(NCc5ccccc5)n3)CCCN4)nsc12. The molecule has 1 aliphatic heterocycles. The standard InChI is InChI=1S/C22H20N6OS/c23-19(29)15-9-4-8-14-17(28-30-18(14)15)22-26-20-16(10-5-11-24-20)21(27-22)25-12-13-6-2-1-3-7-13/h1-4,6-9H,5,10-12H2,(H2,23,29)(H2,24,25,26,27). The van der Waals surface area contributed by atoms with Crippen LogP contribution in [0.1, 0.15) is 27.9 Å². The molecule has 150 valence electrons. The molecule has 0 unspecified atom stereocenters. The van der Waals surface area contributed by atoms with Crippen LogP contribution in [0.15, 0.2) is 48.5 Å². The van der Waals surface area contributed by atoms with Crippen molar-refractivity contribution < 1.29 is 4.79 Å². The second kappa shape index (κ2) is 7.72. The molecule has 5 rings (SSSR count). The Labute approximate surface area is 177 Å². The zero-order chi connectivity index (χ0) is 20.5. The maximum absolute atomic E-state index is 11.8. The molecule has 0 bridgehead atoms. The highest BCUT2D eigenvalue weighted by molar-refractivity contribution is 7.14. The largest absolute Gasteiger partial charge is 0.370 e. The zero-order valence-corrected chi connectivity index (χ0v) is 17.0. The monoisotopic (exact) mass is 416 g/mol. The molecule has 8 heteroatoms. The first-order valence-corrected chi connectivity index (χ1v) is 10.6. The molecule has 0 saturated heterocycles. The van der Waals surface area contributed by atoms with Crippen molar-refractivity contribution in [3.05, 3.63) is 65.2 Å². The molecule has 2 aromatic carbocycles. The predicted octanol–water partition coefficient (Wildman–Crippen LogP) is 3.82. The van der Waals surface area contributed by atoms with Gasteiger partial charge in [0.2, 0.25) is 5.91 Å². The van der Waals surface area contributed by atoms with Gasteiger partial charge >= 0.3 is 0 Å². The topological polar surface area (TPSA) is 106 Å². The lowest BCUT2D eigenvalue weighted by molar-refractivity contribution is 0.100. The third-order valence-electron chi connectivity index (χ3n) is 5.18. The Morgan fingerprint density at radius 3 is 2.83 bits per heavy atom. The lowest BCUT2D eigenvalue weighted by Crippen LogP contribution is -2.17. The minimum Gasteiger partial charge on any atom is -0.370 e. The number of nitrogens with one attached hydrogen (secondary N) is 2. The quantitative estimate of drug-likeness (QED) is 0.457. The second-order valence-electron chi connectivity index (χ2n) is 7.17. The van der Waals surface area contributed by atoms with Crippen LogP contribution in [0.25, 0.3) is 21.6 Å². The van der Waals surface area contributed by atoms with E-state index in [1.165, 1.54) is 17.1 Å². The Bertz CT molecular complexity index is 1240. The highest BCUT2D eigenvalue weighted by Crippen LogP contribution is 2.35. The first kappa shape index (κ1) is 18.5. The summed E-state index contributed by atoms with van der Waals surface area (Å²) >= 11 is 1.25. The van der Waals surface area contributed by atoms with E-state index in [0.29, 0.717) is 23.6 Å². The van der Waals surface area contributed by atoms with E-state index in [1.807, 2.05) is 30.3 Å². The van der Waals surface area contributed by atoms with Crippen molar-refractivity contribution in [1.82, 2.24) is 14.3 Å². The Balaban J connectivity index is 1.58. The van der Waals surface area contributed by atoms with Gasteiger partial charge in [-0.1, -0.05) is 42.5 Å². The molecular weight excluding hydrogens is 396 g/mol. The van der Waals surface area contributed by atoms with Crippen LogP contribution in [-0.2, 0) is 13.0 Å². The number of hydrogen-bond acceptors (Lipinski definition) is 7. The normalized spacial score (nSPS) is 12.9. The molecule has 4 aromatic rings. The van der Waals surface area contributed by atoms with E-state index in [1.54, 1.807) is 6.07 Å². The van der Waals surface area contributed by atoms with Gasteiger partial charge in [-0.15, -0.1) is 0 Å². The number of nitrogens with two attached hydrogens (primary N) is 1. The molecule has 1 amide bonds. The maximum atomic E-state index is 11.8. The molecular formula is C22H20N6OS. The van der Waals surface area contributed by atoms with Gasteiger partial charge in [-0.05, 0) is 36.0 Å². The molecule has 2 aromatic heterocycles. The summed E-state index contributed by atoms with van der Waals surface area (Å²) in [7, 11) is 0. The number of aromatic nitrogens is 3. The zero-order valence-electron chi connectivity index (χ0n) is 16.2. The Kier molecular flexibility index (Phi) is 4.76. The van der Waals surface area contributed by atoms with Crippen molar-refractivity contribution in [2.45, 2.75) is 19.4 Å². The summed E-state index contributed by atoms with van der Waals surface area (Å²) < 4.78 is 5.33. The lowest BCUT2D eigenvalue weighted by atomic mass is 10.1. The van der Waals surface area contributed by atoms with Gasteiger partial charge in [0, 0.05) is 24.0 Å². The van der Waals surface area contributed by atoms with Crippen molar-refractivity contribution in [2.75, 3.05) is 17.2 Å². The van der Waals surface area contributed by atoms with E-state index in [4.69, 9.17) is 15.7 Å². The fourth-order valence-electron chi connectivity index (χ4n) is 3.69. The van der Waals surface area contributed by atoms with Gasteiger partial charge in [-0.25, -0.2) is 9.97 Å². The number of rotatable bonds is 5. The maximum Gasteiger partial charge on any atom is 0.250 e. The minimum atomic E-state index is -0.464. The summed E-state index contributed by atoms with van der Waals surface area (Å²) in [5.41, 5.74) is 8.93. The summed E-state index contributed by atoms with van der Waals surface area (Å²) in [5, 5.41) is 7.71. The molecule has 4 N–H and O–H groups in total. The molecule has 1 aliphatic rings. The number of amides is 1. The molecule has 0 atom stereocenters. The van der Waals surface area contributed by atoms with Crippen LogP contribution >= 0.6 is 11.5 Å². The van der Waals surface area contributed by atoms with Crippen LogP contribution in [0.4, 0.5) is 11.6 Å². The Morgan fingerprint density at radius 1 is 1.13 bits per heavy atom. The summed E-state index contributed by atoms with van der Waals surface area (Å²) in [6, 6.07) is 15.7. The number of carbonyl (C=O) groups excluding carboxylic acids is 1. The van der Waals surface area contributed by atoms with Gasteiger partial charge in [0.1, 0.15) is 17.3 Å². The molecule has 7 nitrogen and oxygen atoms in total. The van der Waals surface area contributed by atoms with Crippen molar-refractivity contribution in [2.24, 2.45) is 5.73 Å². The van der Waals surface area contributed by atoms with Gasteiger partial charge in [-0.2, -0.15) is 4.37 Å². The number of benzene rings is 2. The van der Waals surface area contributed by atoms with E-state index in [-0.39, 0.29) is 0 Å². The van der Waals surface area contributed by atoms with Crippen LogP contribution in [0, 0.1) is 0 Å². The number of carbonyl (C=O) groups is 1. The van der Waals surface area contributed by atoms with Gasteiger partial charge in [0.05, 0.1) is 10.3 Å². The third kappa shape index (κ3) is 3.35. The summed E-state index contributed by atoms with van der Waals surface area (Å²) in [4.78, 5) is 21.4. The second-order valence-corrected chi connectivity index (χ2v) is 7.94. The van der Waals surface area contributed by atoms with Crippen LogP contribution in [0.5, 0.6) is 0 Å². The summed E-state index contributed by atoms with van der Waals surface area (Å²) in [6.07, 6.45) is 1.96. The predicted molar refractivity (Wildman–Crippen MR) is 120 cm³/mol. The molecule has 0 fully saturated rings. The average Bonchev–Trinajstić information content (AvgIpc) is 3.22. The smallest absolute Gasteiger partial charge is 0.250 e. The number of nitrogens with zero attached hydrogens (tertiary/aromatic N) is 3. The van der Waals surface area contributed by atoms with E-state index in [0.717, 1.165) is 46.7 Å². The highest BCUT2D eigenvalue weighted by Gasteiger charge is 2.21. The van der Waals surface area contributed by atoms with E-state index in [2.05, 4.69) is 27.1 Å². The van der Waals surface area contributed by atoms with Gasteiger partial charge in [-0.3, -0.25) is 4.79 Å². The number of primary amides is 1. The Hall–Kier alpha value is -3.52. The fraction of sp³-hybridized carbons (Fsp3) is 0.182. The van der Waals surface area contributed by atoms with E-state index < -0.39 is 5.91 Å². The molecule has 0 radical (unpaired) electrons. The summed E-state index contributed by atoms with van der Waals surface area (Å²) in [6.45, 7) is 1.55. The Morgan fingerprint density at radius 2 is 2.00 bits per heavy atom. The van der Waals surface area contributed by atoms with Gasteiger partial charge in [0.15, 0.2) is 5.82 Å². The molecule has 0 saturated carbocycles. The van der Waals surface area contributed by atoms with Crippen molar-refractivity contribution >= 4 is 39.2 Å². The number of fused-ring (bicyclic) bond motifs is 2. The van der Waals surface area contributed by atoms with Crippen LogP contribution in [-0.4, -0.2) is 26.8 Å². The van der Waals surface area contributed by atoms with E-state index >= 15 is 0 Å². The number of anilines is 2. The third-order valence-corrected chi connectivity index (χ3v) is 6.08.